The van der Waals surface area contributed by atoms with E-state index in [1.54, 1.807) is 4.68 Å². The lowest BCUT2D eigenvalue weighted by molar-refractivity contribution is 0.102. The van der Waals surface area contributed by atoms with Gasteiger partial charge < -0.3 is 0 Å². The van der Waals surface area contributed by atoms with Crippen LogP contribution in [0, 0.1) is 0 Å². The fourth-order valence-corrected chi connectivity index (χ4v) is 3.91. The largest absolute Gasteiger partial charge is 0.293 e. The molecule has 3 aromatic rings. The van der Waals surface area contributed by atoms with Gasteiger partial charge in [0.15, 0.2) is 5.78 Å². The quantitative estimate of drug-likeness (QED) is 0.520. The van der Waals surface area contributed by atoms with Crippen molar-refractivity contribution in [3.05, 3.63) is 65.2 Å². The molecule has 0 fully saturated rings. The number of aryl methyl sites for hydroxylation is 2. The number of nitrogens with zero attached hydrogens (tertiary/aromatic N) is 4. The molecule has 0 spiro atoms. The summed E-state index contributed by atoms with van der Waals surface area (Å²) >= 11 is 1.37. The van der Waals surface area contributed by atoms with Crippen LogP contribution in [0.3, 0.4) is 0 Å². The van der Waals surface area contributed by atoms with Crippen molar-refractivity contribution in [2.75, 3.05) is 5.75 Å². The van der Waals surface area contributed by atoms with Crippen molar-refractivity contribution in [2.45, 2.75) is 30.8 Å². The van der Waals surface area contributed by atoms with Crippen molar-refractivity contribution in [2.24, 2.45) is 0 Å². The van der Waals surface area contributed by atoms with E-state index in [0.717, 1.165) is 24.1 Å². The van der Waals surface area contributed by atoms with E-state index in [-0.39, 0.29) is 5.78 Å². The van der Waals surface area contributed by atoms with Crippen LogP contribution in [-0.4, -0.2) is 31.7 Å². The molecule has 1 aliphatic carbocycles. The third kappa shape index (κ3) is 3.49. The Morgan fingerprint density at radius 3 is 2.68 bits per heavy atom. The van der Waals surface area contributed by atoms with E-state index in [1.807, 2.05) is 36.4 Å². The molecule has 0 atom stereocenters. The highest BCUT2D eigenvalue weighted by Gasteiger charge is 2.15. The molecule has 1 aromatic heterocycles. The van der Waals surface area contributed by atoms with Crippen LogP contribution < -0.4 is 0 Å². The molecule has 0 saturated carbocycles. The predicted octanol–water partition coefficient (Wildman–Crippen LogP) is 3.52. The minimum atomic E-state index is 0.112. The molecule has 0 amide bonds. The summed E-state index contributed by atoms with van der Waals surface area (Å²) in [5.74, 6) is 0.437. The fraction of sp³-hybridized carbons (Fsp3) is 0.263. The Bertz CT molecular complexity index is 891. The number of thioether (sulfide) groups is 1. The zero-order valence-electron chi connectivity index (χ0n) is 13.8. The zero-order chi connectivity index (χ0) is 17.1. The summed E-state index contributed by atoms with van der Waals surface area (Å²) in [6.07, 6.45) is 4.67. The molecule has 0 unspecified atom stereocenters. The van der Waals surface area contributed by atoms with E-state index in [4.69, 9.17) is 0 Å². The number of hydrogen-bond donors (Lipinski definition) is 0. The summed E-state index contributed by atoms with van der Waals surface area (Å²) in [5, 5.41) is 12.4. The number of ketones is 1. The van der Waals surface area contributed by atoms with E-state index in [9.17, 15) is 4.79 Å². The number of para-hydroxylation sites is 1. The minimum Gasteiger partial charge on any atom is -0.293 e. The highest BCUT2D eigenvalue weighted by Crippen LogP contribution is 2.24. The predicted molar refractivity (Wildman–Crippen MR) is 97.3 cm³/mol. The third-order valence-electron chi connectivity index (χ3n) is 4.44. The van der Waals surface area contributed by atoms with Crippen LogP contribution in [0.2, 0.25) is 0 Å². The minimum absolute atomic E-state index is 0.112. The smallest absolute Gasteiger partial charge is 0.214 e. The molecule has 126 valence electrons. The van der Waals surface area contributed by atoms with E-state index < -0.39 is 0 Å². The van der Waals surface area contributed by atoms with Crippen molar-refractivity contribution in [3.8, 4) is 5.69 Å². The molecule has 1 aliphatic rings. The van der Waals surface area contributed by atoms with Gasteiger partial charge in [0.1, 0.15) is 0 Å². The Hall–Kier alpha value is -2.47. The van der Waals surface area contributed by atoms with Crippen LogP contribution >= 0.6 is 11.8 Å². The number of Topliss-reactive ketones (excluding diaryl/α,β-unsaturated/α-hetero) is 1. The number of tetrazole rings is 1. The number of fused-ring (bicyclic) bond motifs is 1. The van der Waals surface area contributed by atoms with Crippen LogP contribution in [-0.2, 0) is 12.8 Å². The van der Waals surface area contributed by atoms with Gasteiger partial charge in [-0.15, -0.1) is 5.10 Å². The van der Waals surface area contributed by atoms with Gasteiger partial charge in [-0.05, 0) is 65.4 Å². The topological polar surface area (TPSA) is 60.7 Å². The first-order chi connectivity index (χ1) is 12.3. The van der Waals surface area contributed by atoms with Gasteiger partial charge in [0, 0.05) is 5.56 Å². The zero-order valence-corrected chi connectivity index (χ0v) is 14.6. The highest BCUT2D eigenvalue weighted by atomic mass is 32.2. The molecule has 2 aromatic carbocycles. The number of rotatable bonds is 5. The SMILES string of the molecule is O=C(CSc1nnnn1-c1ccccc1)c1ccc2c(c1)CCCC2. The average Bonchev–Trinajstić information content (AvgIpc) is 3.15. The van der Waals surface area contributed by atoms with Gasteiger partial charge in [-0.2, -0.15) is 4.68 Å². The fourth-order valence-electron chi connectivity index (χ4n) is 3.12. The molecule has 0 radical (unpaired) electrons. The van der Waals surface area contributed by atoms with Gasteiger partial charge in [0.05, 0.1) is 11.4 Å². The molecule has 25 heavy (non-hydrogen) atoms. The summed E-state index contributed by atoms with van der Waals surface area (Å²) in [4.78, 5) is 12.6. The van der Waals surface area contributed by atoms with E-state index in [0.29, 0.717) is 10.9 Å². The summed E-state index contributed by atoms with van der Waals surface area (Å²) in [6, 6.07) is 15.8. The first-order valence-electron chi connectivity index (χ1n) is 8.43. The Morgan fingerprint density at radius 2 is 1.84 bits per heavy atom. The molecule has 0 N–H and O–H groups in total. The Labute approximate surface area is 150 Å². The van der Waals surface area contributed by atoms with Gasteiger partial charge in [0.2, 0.25) is 5.16 Å². The maximum absolute atomic E-state index is 12.6. The van der Waals surface area contributed by atoms with E-state index in [2.05, 4.69) is 27.7 Å². The Balaban J connectivity index is 1.47. The Morgan fingerprint density at radius 1 is 1.04 bits per heavy atom. The molecule has 4 rings (SSSR count). The average molecular weight is 350 g/mol. The number of carbonyl (C=O) groups is 1. The monoisotopic (exact) mass is 350 g/mol. The standard InChI is InChI=1S/C19H18N4OS/c24-18(16-11-10-14-6-4-5-7-15(14)12-16)13-25-19-20-21-22-23(19)17-8-2-1-3-9-17/h1-3,8-12H,4-7,13H2. The molecule has 5 nitrogen and oxygen atoms in total. The molecule has 6 heteroatoms. The van der Waals surface area contributed by atoms with Gasteiger partial charge in [-0.25, -0.2) is 0 Å². The molecule has 0 saturated heterocycles. The summed E-state index contributed by atoms with van der Waals surface area (Å²) in [7, 11) is 0. The first kappa shape index (κ1) is 16.0. The van der Waals surface area contributed by atoms with Crippen LogP contribution in [0.15, 0.2) is 53.7 Å². The second-order valence-corrected chi connectivity index (χ2v) is 7.05. The van der Waals surface area contributed by atoms with Crippen molar-refractivity contribution >= 4 is 17.5 Å². The van der Waals surface area contributed by atoms with Crippen molar-refractivity contribution in [3.63, 3.8) is 0 Å². The van der Waals surface area contributed by atoms with E-state index >= 15 is 0 Å². The van der Waals surface area contributed by atoms with Gasteiger partial charge in [0.25, 0.3) is 0 Å². The second kappa shape index (κ2) is 7.19. The van der Waals surface area contributed by atoms with Crippen LogP contribution in [0.4, 0.5) is 0 Å². The van der Waals surface area contributed by atoms with E-state index in [1.165, 1.54) is 35.7 Å². The molecular formula is C19H18N4OS. The first-order valence-corrected chi connectivity index (χ1v) is 9.41. The lowest BCUT2D eigenvalue weighted by Gasteiger charge is -2.16. The van der Waals surface area contributed by atoms with Crippen LogP contribution in [0.5, 0.6) is 0 Å². The lowest BCUT2D eigenvalue weighted by atomic mass is 9.90. The van der Waals surface area contributed by atoms with Crippen molar-refractivity contribution in [1.29, 1.82) is 0 Å². The van der Waals surface area contributed by atoms with Crippen LogP contribution in [0.25, 0.3) is 5.69 Å². The van der Waals surface area contributed by atoms with Gasteiger partial charge in [-0.3, -0.25) is 4.79 Å². The summed E-state index contributed by atoms with van der Waals surface area (Å²) in [5.41, 5.74) is 4.39. The highest BCUT2D eigenvalue weighted by molar-refractivity contribution is 7.99. The molecular weight excluding hydrogens is 332 g/mol. The maximum Gasteiger partial charge on any atom is 0.214 e. The molecule has 0 aliphatic heterocycles. The number of carbonyl (C=O) groups excluding carboxylic acids is 1. The Kier molecular flexibility index (Phi) is 4.61. The number of hydrogen-bond acceptors (Lipinski definition) is 5. The lowest BCUT2D eigenvalue weighted by Crippen LogP contribution is -2.08. The van der Waals surface area contributed by atoms with Crippen molar-refractivity contribution in [1.82, 2.24) is 20.2 Å². The van der Waals surface area contributed by atoms with Gasteiger partial charge >= 0.3 is 0 Å². The summed E-state index contributed by atoms with van der Waals surface area (Å²) < 4.78 is 1.66. The molecule has 1 heterocycles. The maximum atomic E-state index is 12.6. The van der Waals surface area contributed by atoms with Crippen molar-refractivity contribution < 1.29 is 4.79 Å². The number of benzene rings is 2. The summed E-state index contributed by atoms with van der Waals surface area (Å²) in [6.45, 7) is 0. The number of aromatic nitrogens is 4. The van der Waals surface area contributed by atoms with Crippen LogP contribution in [0.1, 0.15) is 34.3 Å². The van der Waals surface area contributed by atoms with Gasteiger partial charge in [-0.1, -0.05) is 42.1 Å². The second-order valence-electron chi connectivity index (χ2n) is 6.11. The molecule has 0 bridgehead atoms. The normalized spacial score (nSPS) is 13.4. The third-order valence-corrected chi connectivity index (χ3v) is 5.36.